The summed E-state index contributed by atoms with van der Waals surface area (Å²) in [6.45, 7) is 7.53. The van der Waals surface area contributed by atoms with Crippen molar-refractivity contribution < 1.29 is 18.3 Å². The van der Waals surface area contributed by atoms with Crippen molar-refractivity contribution >= 4 is 0 Å². The maximum Gasteiger partial charge on any atom is 0.127 e. The molecule has 2 aliphatic heterocycles. The highest BCUT2D eigenvalue weighted by atomic mass is 19.1. The van der Waals surface area contributed by atoms with E-state index in [9.17, 15) is 8.78 Å². The fourth-order valence-corrected chi connectivity index (χ4v) is 7.29. The van der Waals surface area contributed by atoms with Gasteiger partial charge in [0.05, 0.1) is 26.4 Å². The zero-order valence-electron chi connectivity index (χ0n) is 19.2. The van der Waals surface area contributed by atoms with Crippen LogP contribution in [0.3, 0.4) is 0 Å². The van der Waals surface area contributed by atoms with Gasteiger partial charge in [-0.3, -0.25) is 0 Å². The molecule has 2 aromatic rings. The van der Waals surface area contributed by atoms with E-state index in [1.807, 2.05) is 24.3 Å². The summed E-state index contributed by atoms with van der Waals surface area (Å²) in [6, 6.07) is 14.4. The van der Waals surface area contributed by atoms with Gasteiger partial charge in [0.15, 0.2) is 0 Å². The minimum absolute atomic E-state index is 0.0369. The highest BCUT2D eigenvalue weighted by Gasteiger charge is 2.53. The van der Waals surface area contributed by atoms with Crippen molar-refractivity contribution in [1.82, 2.24) is 0 Å². The third kappa shape index (κ3) is 3.60. The van der Waals surface area contributed by atoms with E-state index in [0.717, 1.165) is 37.2 Å². The largest absolute Gasteiger partial charge is 0.380 e. The van der Waals surface area contributed by atoms with Crippen LogP contribution in [0, 0.1) is 35.3 Å². The van der Waals surface area contributed by atoms with Crippen molar-refractivity contribution in [2.24, 2.45) is 23.7 Å². The van der Waals surface area contributed by atoms with Gasteiger partial charge < -0.3 is 9.47 Å². The number of hydrogen-bond acceptors (Lipinski definition) is 2. The molecule has 172 valence electrons. The van der Waals surface area contributed by atoms with E-state index in [-0.39, 0.29) is 22.5 Å². The molecule has 2 saturated heterocycles. The minimum Gasteiger partial charge on any atom is -0.380 e. The lowest BCUT2D eigenvalue weighted by Crippen LogP contribution is -2.30. The van der Waals surface area contributed by atoms with Gasteiger partial charge in [0, 0.05) is 10.8 Å². The van der Waals surface area contributed by atoms with Crippen LogP contribution in [-0.2, 0) is 20.3 Å². The molecular weight excluding hydrogens is 406 g/mol. The van der Waals surface area contributed by atoms with Gasteiger partial charge in [0.1, 0.15) is 11.6 Å². The summed E-state index contributed by atoms with van der Waals surface area (Å²) in [5.41, 5.74) is 1.68. The van der Waals surface area contributed by atoms with Crippen LogP contribution in [0.4, 0.5) is 8.78 Å². The van der Waals surface area contributed by atoms with Gasteiger partial charge >= 0.3 is 0 Å². The fraction of sp³-hybridized carbons (Fsp3) is 0.571. The predicted molar refractivity (Wildman–Crippen MR) is 122 cm³/mol. The smallest absolute Gasteiger partial charge is 0.127 e. The molecule has 6 atom stereocenters. The van der Waals surface area contributed by atoms with E-state index in [1.54, 1.807) is 24.3 Å². The zero-order chi connectivity index (χ0) is 22.3. The molecule has 2 aliphatic carbocycles. The summed E-state index contributed by atoms with van der Waals surface area (Å²) >= 11 is 0. The normalized spacial score (nSPS) is 37.6. The molecule has 6 rings (SSSR count). The topological polar surface area (TPSA) is 18.5 Å². The molecule has 2 saturated carbocycles. The number of hydrogen-bond donors (Lipinski definition) is 0. The molecule has 0 radical (unpaired) electrons. The average molecular weight is 441 g/mol. The Bertz CT molecular complexity index is 884. The van der Waals surface area contributed by atoms with Crippen molar-refractivity contribution in [2.45, 2.75) is 50.4 Å². The fourth-order valence-electron chi connectivity index (χ4n) is 7.29. The number of halogens is 2. The third-order valence-electron chi connectivity index (χ3n) is 8.54. The first-order valence-corrected chi connectivity index (χ1v) is 12.1. The highest BCUT2D eigenvalue weighted by Crippen LogP contribution is 2.53. The highest BCUT2D eigenvalue weighted by molar-refractivity contribution is 5.32. The van der Waals surface area contributed by atoms with Crippen LogP contribution in [0.5, 0.6) is 0 Å². The maximum atomic E-state index is 13.9. The lowest BCUT2D eigenvalue weighted by atomic mass is 9.74. The van der Waals surface area contributed by atoms with Crippen molar-refractivity contribution in [3.05, 3.63) is 71.3 Å². The maximum absolute atomic E-state index is 13.9. The first kappa shape index (κ1) is 22.0. The van der Waals surface area contributed by atoms with E-state index in [0.29, 0.717) is 36.9 Å². The summed E-state index contributed by atoms with van der Waals surface area (Å²) < 4.78 is 39.1. The molecule has 0 aromatic heterocycles. The second-order valence-electron chi connectivity index (χ2n) is 10.8. The summed E-state index contributed by atoms with van der Waals surface area (Å²) in [4.78, 5) is 0. The standard InChI is InChI=1S/2C14H17FO/c2*1-10-6-11-8-16-9-14(11,7-10)12-4-2-3-5-13(12)15/h2*2-5,10-11H,6-9H2,1H3/t10-,11+,14+;10-,11-,14-/m10/s1. The van der Waals surface area contributed by atoms with Gasteiger partial charge in [-0.25, -0.2) is 8.78 Å². The molecule has 4 fully saturated rings. The van der Waals surface area contributed by atoms with Crippen LogP contribution in [0.2, 0.25) is 0 Å². The van der Waals surface area contributed by atoms with Gasteiger partial charge in [-0.2, -0.15) is 0 Å². The lowest BCUT2D eigenvalue weighted by molar-refractivity contribution is 0.161. The molecule has 0 amide bonds. The summed E-state index contributed by atoms with van der Waals surface area (Å²) in [5.74, 6) is 2.28. The second kappa shape index (κ2) is 8.53. The molecule has 4 heteroatoms. The summed E-state index contributed by atoms with van der Waals surface area (Å²) in [7, 11) is 0. The van der Waals surface area contributed by atoms with Gasteiger partial charge in [0.2, 0.25) is 0 Å². The van der Waals surface area contributed by atoms with E-state index in [2.05, 4.69) is 13.8 Å². The number of ether oxygens (including phenoxy) is 2. The SMILES string of the molecule is C[C@@H]1C[C@H]2COC[C@@]2(c2ccccc2F)C1.C[C@H]1C[C@H]2COC[C@@]2(c2ccccc2F)C1. The van der Waals surface area contributed by atoms with Crippen molar-refractivity contribution in [3.8, 4) is 0 Å². The molecule has 2 nitrogen and oxygen atoms in total. The number of benzene rings is 2. The molecule has 0 spiro atoms. The Labute approximate surface area is 190 Å². The molecule has 2 aromatic carbocycles. The quantitative estimate of drug-likeness (QED) is 0.547. The van der Waals surface area contributed by atoms with E-state index < -0.39 is 0 Å². The van der Waals surface area contributed by atoms with Crippen molar-refractivity contribution in [1.29, 1.82) is 0 Å². The van der Waals surface area contributed by atoms with E-state index in [1.165, 1.54) is 12.8 Å². The van der Waals surface area contributed by atoms with E-state index >= 15 is 0 Å². The Kier molecular flexibility index (Phi) is 5.88. The Balaban J connectivity index is 0.000000135. The molecule has 4 aliphatic rings. The Morgan fingerprint density at radius 2 is 1.09 bits per heavy atom. The third-order valence-corrected chi connectivity index (χ3v) is 8.54. The van der Waals surface area contributed by atoms with Crippen molar-refractivity contribution in [3.63, 3.8) is 0 Å². The van der Waals surface area contributed by atoms with Crippen LogP contribution in [0.25, 0.3) is 0 Å². The van der Waals surface area contributed by atoms with Crippen LogP contribution >= 0.6 is 0 Å². The average Bonchev–Trinajstić information content (AvgIpc) is 3.48. The van der Waals surface area contributed by atoms with Gasteiger partial charge in [0.25, 0.3) is 0 Å². The predicted octanol–water partition coefficient (Wildman–Crippen LogP) is 6.28. The molecule has 0 unspecified atom stereocenters. The summed E-state index contributed by atoms with van der Waals surface area (Å²) in [6.07, 6.45) is 4.49. The van der Waals surface area contributed by atoms with Crippen LogP contribution in [0.1, 0.15) is 50.7 Å². The first-order chi connectivity index (χ1) is 15.4. The number of fused-ring (bicyclic) bond motifs is 2. The van der Waals surface area contributed by atoms with Crippen LogP contribution in [0.15, 0.2) is 48.5 Å². The Morgan fingerprint density at radius 3 is 1.50 bits per heavy atom. The molecular formula is C28H34F2O2. The van der Waals surface area contributed by atoms with Crippen molar-refractivity contribution in [2.75, 3.05) is 26.4 Å². The Hall–Kier alpha value is -1.78. The molecule has 2 heterocycles. The van der Waals surface area contributed by atoms with Gasteiger partial charge in [-0.1, -0.05) is 50.2 Å². The first-order valence-electron chi connectivity index (χ1n) is 12.1. The van der Waals surface area contributed by atoms with Gasteiger partial charge in [-0.05, 0) is 72.6 Å². The van der Waals surface area contributed by atoms with E-state index in [4.69, 9.17) is 9.47 Å². The van der Waals surface area contributed by atoms with Gasteiger partial charge in [-0.15, -0.1) is 0 Å². The Morgan fingerprint density at radius 1 is 0.688 bits per heavy atom. The summed E-state index contributed by atoms with van der Waals surface area (Å²) in [5, 5.41) is 0. The number of rotatable bonds is 2. The second-order valence-corrected chi connectivity index (χ2v) is 10.8. The molecule has 32 heavy (non-hydrogen) atoms. The molecule has 0 N–H and O–H groups in total. The van der Waals surface area contributed by atoms with Crippen LogP contribution in [-0.4, -0.2) is 26.4 Å². The van der Waals surface area contributed by atoms with Crippen LogP contribution < -0.4 is 0 Å². The zero-order valence-corrected chi connectivity index (χ0v) is 19.2. The lowest BCUT2D eigenvalue weighted by Gasteiger charge is -2.28. The monoisotopic (exact) mass is 440 g/mol. The molecule has 0 bridgehead atoms. The minimum atomic E-state index is -0.0629.